The van der Waals surface area contributed by atoms with E-state index in [1.54, 1.807) is 14.2 Å². The summed E-state index contributed by atoms with van der Waals surface area (Å²) in [5, 5.41) is 2.97. The first kappa shape index (κ1) is 16.5. The van der Waals surface area contributed by atoms with Gasteiger partial charge in [-0.05, 0) is 25.0 Å². The van der Waals surface area contributed by atoms with Gasteiger partial charge in [-0.1, -0.05) is 19.3 Å². The van der Waals surface area contributed by atoms with Gasteiger partial charge in [-0.15, -0.1) is 0 Å². The van der Waals surface area contributed by atoms with Crippen LogP contribution in [0, 0.1) is 0 Å². The number of methoxy groups -OCH3 is 2. The average Bonchev–Trinajstić information content (AvgIpc) is 2.59. The van der Waals surface area contributed by atoms with E-state index in [1.807, 2.05) is 30.1 Å². The van der Waals surface area contributed by atoms with Crippen molar-refractivity contribution in [2.75, 3.05) is 21.3 Å². The summed E-state index contributed by atoms with van der Waals surface area (Å²) in [7, 11) is 5.13. The first-order valence-corrected chi connectivity index (χ1v) is 7.87. The minimum atomic E-state index is -0.0234. The summed E-state index contributed by atoms with van der Waals surface area (Å²) >= 11 is 0. The minimum Gasteiger partial charge on any atom is -0.497 e. The van der Waals surface area contributed by atoms with Gasteiger partial charge < -0.3 is 19.7 Å². The Morgan fingerprint density at radius 3 is 2.59 bits per heavy atom. The minimum absolute atomic E-state index is 0.0234. The van der Waals surface area contributed by atoms with E-state index >= 15 is 0 Å². The summed E-state index contributed by atoms with van der Waals surface area (Å²) in [4.78, 5) is 14.1. The number of carbonyl (C=O) groups is 1. The van der Waals surface area contributed by atoms with Crippen LogP contribution >= 0.6 is 0 Å². The quantitative estimate of drug-likeness (QED) is 0.909. The fourth-order valence-corrected chi connectivity index (χ4v) is 2.93. The van der Waals surface area contributed by atoms with Crippen molar-refractivity contribution in [1.82, 2.24) is 10.2 Å². The number of rotatable bonds is 5. The van der Waals surface area contributed by atoms with Crippen molar-refractivity contribution in [1.29, 1.82) is 0 Å². The molecule has 2 amide bonds. The number of ether oxygens (including phenoxy) is 2. The van der Waals surface area contributed by atoms with Gasteiger partial charge in [0.15, 0.2) is 0 Å². The average molecular weight is 306 g/mol. The largest absolute Gasteiger partial charge is 0.497 e. The first-order chi connectivity index (χ1) is 10.7. The molecule has 5 heteroatoms. The lowest BCUT2D eigenvalue weighted by Crippen LogP contribution is -2.44. The van der Waals surface area contributed by atoms with Crippen molar-refractivity contribution in [3.63, 3.8) is 0 Å². The van der Waals surface area contributed by atoms with E-state index in [0.717, 1.165) is 29.9 Å². The van der Waals surface area contributed by atoms with Crippen LogP contribution in [-0.2, 0) is 6.54 Å². The van der Waals surface area contributed by atoms with E-state index in [2.05, 4.69) is 5.32 Å². The third kappa shape index (κ3) is 4.06. The topological polar surface area (TPSA) is 50.8 Å². The van der Waals surface area contributed by atoms with Crippen molar-refractivity contribution in [2.45, 2.75) is 44.7 Å². The van der Waals surface area contributed by atoms with E-state index in [9.17, 15) is 4.79 Å². The maximum absolute atomic E-state index is 12.3. The second-order valence-corrected chi connectivity index (χ2v) is 5.74. The van der Waals surface area contributed by atoms with Crippen LogP contribution < -0.4 is 14.8 Å². The Morgan fingerprint density at radius 2 is 1.95 bits per heavy atom. The van der Waals surface area contributed by atoms with Gasteiger partial charge in [0.05, 0.1) is 14.2 Å². The van der Waals surface area contributed by atoms with E-state index < -0.39 is 0 Å². The number of nitrogens with zero attached hydrogens (tertiary/aromatic N) is 1. The lowest BCUT2D eigenvalue weighted by atomic mass is 9.95. The number of urea groups is 1. The van der Waals surface area contributed by atoms with Crippen molar-refractivity contribution >= 4 is 6.03 Å². The molecule has 22 heavy (non-hydrogen) atoms. The molecule has 0 radical (unpaired) electrons. The summed E-state index contributed by atoms with van der Waals surface area (Å²) in [5.41, 5.74) is 0.939. The molecular formula is C17H26N2O3. The number of hydrogen-bond acceptors (Lipinski definition) is 3. The monoisotopic (exact) mass is 306 g/mol. The molecule has 0 aromatic heterocycles. The van der Waals surface area contributed by atoms with Crippen LogP contribution in [0.15, 0.2) is 18.2 Å². The SMILES string of the molecule is COc1ccc(CNC(=O)N(C)C2CCCCC2)c(OC)c1. The number of benzene rings is 1. The Bertz CT molecular complexity index is 499. The highest BCUT2D eigenvalue weighted by atomic mass is 16.5. The fourth-order valence-electron chi connectivity index (χ4n) is 2.93. The highest BCUT2D eigenvalue weighted by Gasteiger charge is 2.21. The normalized spacial score (nSPS) is 15.2. The Kier molecular flexibility index (Phi) is 5.92. The van der Waals surface area contributed by atoms with Gasteiger partial charge in [0.2, 0.25) is 0 Å². The Balaban J connectivity index is 1.92. The number of carbonyl (C=O) groups excluding carboxylic acids is 1. The van der Waals surface area contributed by atoms with Crippen LogP contribution in [0.4, 0.5) is 4.79 Å². The molecule has 0 aliphatic heterocycles. The van der Waals surface area contributed by atoms with E-state index in [4.69, 9.17) is 9.47 Å². The predicted octanol–water partition coefficient (Wildman–Crippen LogP) is 3.18. The van der Waals surface area contributed by atoms with Gasteiger partial charge >= 0.3 is 6.03 Å². The standard InChI is InChI=1S/C17H26N2O3/c1-19(14-7-5-4-6-8-14)17(20)18-12-13-9-10-15(21-2)11-16(13)22-3/h9-11,14H,4-8,12H2,1-3H3,(H,18,20). The molecule has 1 aromatic carbocycles. The van der Waals surface area contributed by atoms with E-state index in [1.165, 1.54) is 19.3 Å². The van der Waals surface area contributed by atoms with Crippen LogP contribution in [0.25, 0.3) is 0 Å². The molecule has 1 aliphatic rings. The van der Waals surface area contributed by atoms with Gasteiger partial charge in [-0.3, -0.25) is 0 Å². The van der Waals surface area contributed by atoms with Crippen LogP contribution in [0.2, 0.25) is 0 Å². The zero-order chi connectivity index (χ0) is 15.9. The summed E-state index contributed by atoms with van der Waals surface area (Å²) in [6.45, 7) is 0.447. The number of hydrogen-bond donors (Lipinski definition) is 1. The molecule has 1 aromatic rings. The first-order valence-electron chi connectivity index (χ1n) is 7.87. The Hall–Kier alpha value is -1.91. The molecule has 1 saturated carbocycles. The summed E-state index contributed by atoms with van der Waals surface area (Å²) in [5.74, 6) is 1.46. The molecule has 0 heterocycles. The zero-order valence-electron chi connectivity index (χ0n) is 13.7. The molecule has 2 rings (SSSR count). The van der Waals surface area contributed by atoms with Gasteiger partial charge in [-0.25, -0.2) is 4.79 Å². The highest BCUT2D eigenvalue weighted by Crippen LogP contribution is 2.25. The molecular weight excluding hydrogens is 280 g/mol. The molecule has 122 valence electrons. The maximum atomic E-state index is 12.3. The Labute approximate surface area is 132 Å². The third-order valence-electron chi connectivity index (χ3n) is 4.37. The van der Waals surface area contributed by atoms with Crippen LogP contribution in [0.5, 0.6) is 11.5 Å². The Morgan fingerprint density at radius 1 is 1.23 bits per heavy atom. The van der Waals surface area contributed by atoms with Gasteiger partial charge in [0.1, 0.15) is 11.5 Å². The van der Waals surface area contributed by atoms with Crippen molar-refractivity contribution < 1.29 is 14.3 Å². The molecule has 0 saturated heterocycles. The fraction of sp³-hybridized carbons (Fsp3) is 0.588. The van der Waals surface area contributed by atoms with Gasteiger partial charge in [-0.2, -0.15) is 0 Å². The lowest BCUT2D eigenvalue weighted by molar-refractivity contribution is 0.173. The maximum Gasteiger partial charge on any atom is 0.317 e. The molecule has 0 unspecified atom stereocenters. The highest BCUT2D eigenvalue weighted by molar-refractivity contribution is 5.74. The van der Waals surface area contributed by atoms with Gasteiger partial charge in [0, 0.05) is 31.3 Å². The smallest absolute Gasteiger partial charge is 0.317 e. The van der Waals surface area contributed by atoms with Gasteiger partial charge in [0.25, 0.3) is 0 Å². The molecule has 5 nitrogen and oxygen atoms in total. The van der Waals surface area contributed by atoms with Crippen molar-refractivity contribution in [3.8, 4) is 11.5 Å². The molecule has 1 aliphatic carbocycles. The second kappa shape index (κ2) is 7.92. The third-order valence-corrected chi connectivity index (χ3v) is 4.37. The van der Waals surface area contributed by atoms with Crippen molar-refractivity contribution in [2.24, 2.45) is 0 Å². The van der Waals surface area contributed by atoms with Crippen LogP contribution in [-0.4, -0.2) is 38.2 Å². The zero-order valence-corrected chi connectivity index (χ0v) is 13.7. The molecule has 1 N–H and O–H groups in total. The number of amides is 2. The summed E-state index contributed by atoms with van der Waals surface area (Å²) < 4.78 is 10.5. The van der Waals surface area contributed by atoms with Crippen LogP contribution in [0.1, 0.15) is 37.7 Å². The summed E-state index contributed by atoms with van der Waals surface area (Å²) in [6, 6.07) is 5.95. The molecule has 0 atom stereocenters. The lowest BCUT2D eigenvalue weighted by Gasteiger charge is -2.31. The molecule has 0 bridgehead atoms. The van der Waals surface area contributed by atoms with E-state index in [-0.39, 0.29) is 6.03 Å². The number of nitrogens with one attached hydrogen (secondary N) is 1. The van der Waals surface area contributed by atoms with E-state index in [0.29, 0.717) is 12.6 Å². The second-order valence-electron chi connectivity index (χ2n) is 5.74. The van der Waals surface area contributed by atoms with Crippen LogP contribution in [0.3, 0.4) is 0 Å². The van der Waals surface area contributed by atoms with Crippen molar-refractivity contribution in [3.05, 3.63) is 23.8 Å². The molecule has 1 fully saturated rings. The predicted molar refractivity (Wildman–Crippen MR) is 86.4 cm³/mol. The summed E-state index contributed by atoms with van der Waals surface area (Å²) in [6.07, 6.45) is 5.93. The molecule has 0 spiro atoms.